The number of hydrogen-bond donors (Lipinski definition) is 1. The Kier molecular flexibility index (Phi) is 4.06. The van der Waals surface area contributed by atoms with Crippen molar-refractivity contribution in [1.29, 1.82) is 0 Å². The average Bonchev–Trinajstić information content (AvgIpc) is 2.39. The summed E-state index contributed by atoms with van der Waals surface area (Å²) >= 11 is 0. The summed E-state index contributed by atoms with van der Waals surface area (Å²) in [4.78, 5) is 11.8. The van der Waals surface area contributed by atoms with E-state index in [2.05, 4.69) is 10.4 Å². The molecule has 1 aromatic heterocycles. The lowest BCUT2D eigenvalue weighted by atomic mass is 10.2. The topological polar surface area (TPSA) is 46.9 Å². The van der Waals surface area contributed by atoms with E-state index >= 15 is 0 Å². The highest BCUT2D eigenvalue weighted by molar-refractivity contribution is 5.32. The van der Waals surface area contributed by atoms with Crippen LogP contribution < -0.4 is 10.7 Å². The Balaban J connectivity index is 2.45. The van der Waals surface area contributed by atoms with Gasteiger partial charge in [-0.2, -0.15) is 5.10 Å². The minimum absolute atomic E-state index is 0.0863. The fourth-order valence-electron chi connectivity index (χ4n) is 1.79. The molecule has 0 amide bonds. The van der Waals surface area contributed by atoms with E-state index in [1.165, 1.54) is 12.1 Å². The van der Waals surface area contributed by atoms with Crippen molar-refractivity contribution in [3.63, 3.8) is 0 Å². The van der Waals surface area contributed by atoms with E-state index in [0.29, 0.717) is 12.2 Å². The van der Waals surface area contributed by atoms with Crippen LogP contribution in [0.1, 0.15) is 18.3 Å². The first-order valence-electron chi connectivity index (χ1n) is 6.18. The molecular formula is C14H16FN3O. The van der Waals surface area contributed by atoms with Crippen molar-refractivity contribution in [1.82, 2.24) is 15.1 Å². The van der Waals surface area contributed by atoms with Crippen molar-refractivity contribution in [2.24, 2.45) is 0 Å². The third-order valence-electron chi connectivity index (χ3n) is 2.79. The molecule has 5 heteroatoms. The predicted octanol–water partition coefficient (Wildman–Crippen LogP) is 1.79. The van der Waals surface area contributed by atoms with Crippen LogP contribution in [0, 0.1) is 12.7 Å². The van der Waals surface area contributed by atoms with Crippen LogP contribution in [0.4, 0.5) is 4.39 Å². The summed E-state index contributed by atoms with van der Waals surface area (Å²) in [6, 6.07) is 7.56. The van der Waals surface area contributed by atoms with Gasteiger partial charge in [0.2, 0.25) is 5.43 Å². The second kappa shape index (κ2) is 5.75. The molecule has 0 saturated carbocycles. The van der Waals surface area contributed by atoms with Crippen LogP contribution in [0.5, 0.6) is 0 Å². The standard InChI is InChI=1S/C14H16FN3O/c1-3-16-9-13-14(19)8-10(2)18(17-13)12-6-4-11(15)5-7-12/h4-8,16H,3,9H2,1-2H3. The van der Waals surface area contributed by atoms with E-state index in [1.54, 1.807) is 29.8 Å². The van der Waals surface area contributed by atoms with Crippen LogP contribution in [0.15, 0.2) is 35.1 Å². The maximum atomic E-state index is 12.9. The first-order chi connectivity index (χ1) is 9.11. The number of nitrogens with zero attached hydrogens (tertiary/aromatic N) is 2. The highest BCUT2D eigenvalue weighted by atomic mass is 19.1. The van der Waals surface area contributed by atoms with Crippen LogP contribution in [-0.2, 0) is 6.54 Å². The summed E-state index contributed by atoms with van der Waals surface area (Å²) in [5.41, 5.74) is 1.82. The molecule has 0 aliphatic heterocycles. The molecule has 0 aliphatic carbocycles. The third-order valence-corrected chi connectivity index (χ3v) is 2.79. The first kappa shape index (κ1) is 13.4. The minimum atomic E-state index is -0.296. The zero-order valence-electron chi connectivity index (χ0n) is 11.0. The number of benzene rings is 1. The van der Waals surface area contributed by atoms with Crippen molar-refractivity contribution < 1.29 is 4.39 Å². The van der Waals surface area contributed by atoms with Crippen LogP contribution in [-0.4, -0.2) is 16.3 Å². The highest BCUT2D eigenvalue weighted by Gasteiger charge is 2.07. The van der Waals surface area contributed by atoms with Crippen molar-refractivity contribution in [2.45, 2.75) is 20.4 Å². The Morgan fingerprint density at radius 2 is 2.00 bits per heavy atom. The summed E-state index contributed by atoms with van der Waals surface area (Å²) in [6.45, 7) is 4.96. The van der Waals surface area contributed by atoms with E-state index in [0.717, 1.165) is 17.9 Å². The fourth-order valence-corrected chi connectivity index (χ4v) is 1.79. The van der Waals surface area contributed by atoms with Crippen LogP contribution in [0.25, 0.3) is 5.69 Å². The molecular weight excluding hydrogens is 245 g/mol. The van der Waals surface area contributed by atoms with Gasteiger partial charge >= 0.3 is 0 Å². The average molecular weight is 261 g/mol. The van der Waals surface area contributed by atoms with Gasteiger partial charge in [0.05, 0.1) is 5.69 Å². The third kappa shape index (κ3) is 3.06. The van der Waals surface area contributed by atoms with Gasteiger partial charge < -0.3 is 5.32 Å². The number of rotatable bonds is 4. The molecule has 1 aromatic carbocycles. The quantitative estimate of drug-likeness (QED) is 0.912. The molecule has 0 fully saturated rings. The van der Waals surface area contributed by atoms with Crippen LogP contribution in [0.3, 0.4) is 0 Å². The molecule has 0 radical (unpaired) electrons. The van der Waals surface area contributed by atoms with Crippen LogP contribution in [0.2, 0.25) is 0 Å². The number of hydrogen-bond acceptors (Lipinski definition) is 3. The fraction of sp³-hybridized carbons (Fsp3) is 0.286. The van der Waals surface area contributed by atoms with Gasteiger partial charge in [0.25, 0.3) is 0 Å². The smallest absolute Gasteiger partial charge is 0.204 e. The summed E-state index contributed by atoms with van der Waals surface area (Å²) in [6.07, 6.45) is 0. The number of halogens is 1. The molecule has 1 N–H and O–H groups in total. The van der Waals surface area contributed by atoms with Gasteiger partial charge in [-0.05, 0) is 37.7 Å². The van der Waals surface area contributed by atoms with Crippen molar-refractivity contribution >= 4 is 0 Å². The first-order valence-corrected chi connectivity index (χ1v) is 6.18. The lowest BCUT2D eigenvalue weighted by Crippen LogP contribution is -2.24. The summed E-state index contributed by atoms with van der Waals surface area (Å²) in [5, 5.41) is 7.41. The van der Waals surface area contributed by atoms with Gasteiger partial charge in [0.1, 0.15) is 11.5 Å². The van der Waals surface area contributed by atoms with Crippen molar-refractivity contribution in [3.05, 3.63) is 57.8 Å². The molecule has 2 rings (SSSR count). The Morgan fingerprint density at radius 1 is 1.32 bits per heavy atom. The Bertz CT molecular complexity index is 620. The molecule has 0 atom stereocenters. The number of aromatic nitrogens is 2. The molecule has 0 aliphatic rings. The lowest BCUT2D eigenvalue weighted by molar-refractivity contribution is 0.625. The molecule has 4 nitrogen and oxygen atoms in total. The Morgan fingerprint density at radius 3 is 2.63 bits per heavy atom. The molecule has 19 heavy (non-hydrogen) atoms. The van der Waals surface area contributed by atoms with Crippen molar-refractivity contribution in [2.75, 3.05) is 6.54 Å². The normalized spacial score (nSPS) is 10.7. The van der Waals surface area contributed by atoms with Gasteiger partial charge in [-0.3, -0.25) is 4.79 Å². The molecule has 0 unspecified atom stereocenters. The van der Waals surface area contributed by atoms with Crippen LogP contribution >= 0.6 is 0 Å². The molecule has 100 valence electrons. The number of nitrogens with one attached hydrogen (secondary N) is 1. The van der Waals surface area contributed by atoms with Gasteiger partial charge in [-0.15, -0.1) is 0 Å². The lowest BCUT2D eigenvalue weighted by Gasteiger charge is -2.11. The maximum Gasteiger partial charge on any atom is 0.204 e. The van der Waals surface area contributed by atoms with Gasteiger partial charge in [-0.25, -0.2) is 9.07 Å². The largest absolute Gasteiger partial charge is 0.311 e. The second-order valence-corrected chi connectivity index (χ2v) is 4.27. The van der Waals surface area contributed by atoms with Gasteiger partial charge in [0, 0.05) is 18.3 Å². The van der Waals surface area contributed by atoms with E-state index in [4.69, 9.17) is 0 Å². The van der Waals surface area contributed by atoms with E-state index in [1.807, 2.05) is 6.92 Å². The summed E-state index contributed by atoms with van der Waals surface area (Å²) < 4.78 is 14.6. The second-order valence-electron chi connectivity index (χ2n) is 4.27. The Labute approximate surface area is 110 Å². The zero-order chi connectivity index (χ0) is 13.8. The SMILES string of the molecule is CCNCc1nn(-c2ccc(F)cc2)c(C)cc1=O. The molecule has 1 heterocycles. The Hall–Kier alpha value is -2.01. The monoisotopic (exact) mass is 261 g/mol. The van der Waals surface area contributed by atoms with E-state index < -0.39 is 0 Å². The minimum Gasteiger partial charge on any atom is -0.311 e. The van der Waals surface area contributed by atoms with E-state index in [9.17, 15) is 9.18 Å². The molecule has 2 aromatic rings. The predicted molar refractivity (Wildman–Crippen MR) is 71.9 cm³/mol. The molecule has 0 bridgehead atoms. The van der Waals surface area contributed by atoms with Gasteiger partial charge in [-0.1, -0.05) is 6.92 Å². The van der Waals surface area contributed by atoms with E-state index in [-0.39, 0.29) is 11.2 Å². The number of aryl methyl sites for hydroxylation is 1. The summed E-state index contributed by atoms with van der Waals surface area (Å²) in [5.74, 6) is -0.296. The maximum absolute atomic E-state index is 12.9. The highest BCUT2D eigenvalue weighted by Crippen LogP contribution is 2.09. The molecule has 0 saturated heterocycles. The van der Waals surface area contributed by atoms with Crippen molar-refractivity contribution in [3.8, 4) is 5.69 Å². The summed E-state index contributed by atoms with van der Waals surface area (Å²) in [7, 11) is 0. The molecule has 0 spiro atoms. The zero-order valence-corrected chi connectivity index (χ0v) is 11.0. The van der Waals surface area contributed by atoms with Gasteiger partial charge in [0.15, 0.2) is 0 Å².